The number of aliphatic imine (C=N–C) groups is 1. The molecule has 0 aromatic heterocycles. The molecule has 1 spiro atoms. The number of likely N-dealkylation sites (tertiary alicyclic amines) is 1. The van der Waals surface area contributed by atoms with Crippen LogP contribution in [0.15, 0.2) is 4.99 Å². The molecule has 1 saturated carbocycles. The minimum Gasteiger partial charge on any atom is -0.354 e. The number of imide groups is 1. The van der Waals surface area contributed by atoms with E-state index in [9.17, 15) is 9.59 Å². The van der Waals surface area contributed by atoms with Crippen LogP contribution in [0.4, 0.5) is 4.79 Å². The molecule has 0 radical (unpaired) electrons. The van der Waals surface area contributed by atoms with Crippen LogP contribution >= 0.6 is 24.0 Å². The highest BCUT2D eigenvalue weighted by atomic mass is 127. The first-order chi connectivity index (χ1) is 12.1. The molecule has 0 aromatic rings. The van der Waals surface area contributed by atoms with E-state index in [2.05, 4.69) is 20.5 Å². The van der Waals surface area contributed by atoms with Crippen LogP contribution in [0, 0.1) is 5.41 Å². The van der Waals surface area contributed by atoms with Gasteiger partial charge in [0.15, 0.2) is 5.96 Å². The highest BCUT2D eigenvalue weighted by Gasteiger charge is 2.36. The molecule has 3 fully saturated rings. The molecule has 148 valence electrons. The summed E-state index contributed by atoms with van der Waals surface area (Å²) in [5, 5.41) is 5.90. The topological polar surface area (TPSA) is 77.0 Å². The third kappa shape index (κ3) is 5.01. The lowest BCUT2D eigenvalue weighted by atomic mass is 9.74. The number of guanidine groups is 1. The summed E-state index contributed by atoms with van der Waals surface area (Å²) < 4.78 is 0. The van der Waals surface area contributed by atoms with Gasteiger partial charge in [-0.05, 0) is 31.1 Å². The number of carbonyl (C=O) groups excluding carboxylic acids is 2. The molecule has 2 N–H and O–H groups in total. The second kappa shape index (κ2) is 9.75. The highest BCUT2D eigenvalue weighted by molar-refractivity contribution is 14.0. The molecule has 0 atom stereocenters. The minimum atomic E-state index is -0.294. The van der Waals surface area contributed by atoms with E-state index in [4.69, 9.17) is 0 Å². The van der Waals surface area contributed by atoms with Gasteiger partial charge in [-0.2, -0.15) is 0 Å². The lowest BCUT2D eigenvalue weighted by molar-refractivity contribution is -0.124. The van der Waals surface area contributed by atoms with Crippen LogP contribution in [0.5, 0.6) is 0 Å². The molecule has 7 nitrogen and oxygen atoms in total. The van der Waals surface area contributed by atoms with Gasteiger partial charge in [-0.3, -0.25) is 14.7 Å². The Kier molecular flexibility index (Phi) is 7.97. The van der Waals surface area contributed by atoms with Crippen molar-refractivity contribution in [3.05, 3.63) is 0 Å². The largest absolute Gasteiger partial charge is 0.354 e. The van der Waals surface area contributed by atoms with Gasteiger partial charge in [-0.15, -0.1) is 24.0 Å². The maximum atomic E-state index is 11.6. The van der Waals surface area contributed by atoms with Crippen molar-refractivity contribution in [2.75, 3.05) is 39.8 Å². The number of carbonyl (C=O) groups is 2. The van der Waals surface area contributed by atoms with Crippen molar-refractivity contribution in [1.29, 1.82) is 0 Å². The Morgan fingerprint density at radius 1 is 1.15 bits per heavy atom. The summed E-state index contributed by atoms with van der Waals surface area (Å²) in [6.45, 7) is 3.14. The molecule has 2 heterocycles. The van der Waals surface area contributed by atoms with Crippen LogP contribution < -0.4 is 10.6 Å². The Morgan fingerprint density at radius 2 is 1.85 bits per heavy atom. The van der Waals surface area contributed by atoms with E-state index < -0.39 is 0 Å². The molecule has 26 heavy (non-hydrogen) atoms. The Bertz CT molecular complexity index is 516. The molecule has 2 aliphatic heterocycles. The molecule has 3 amide bonds. The minimum absolute atomic E-state index is 0. The number of nitrogens with zero attached hydrogens (tertiary/aromatic N) is 3. The quantitative estimate of drug-likeness (QED) is 0.283. The van der Waals surface area contributed by atoms with Gasteiger partial charge in [-0.25, -0.2) is 4.79 Å². The lowest BCUT2D eigenvalue weighted by Gasteiger charge is -2.44. The average Bonchev–Trinajstić information content (AvgIpc) is 2.80. The van der Waals surface area contributed by atoms with Crippen LogP contribution in [0.3, 0.4) is 0 Å². The van der Waals surface area contributed by atoms with Gasteiger partial charge in [-0.1, -0.05) is 25.7 Å². The lowest BCUT2D eigenvalue weighted by Crippen LogP contribution is -2.51. The van der Waals surface area contributed by atoms with E-state index in [-0.39, 0.29) is 42.5 Å². The van der Waals surface area contributed by atoms with Crippen molar-refractivity contribution in [1.82, 2.24) is 20.4 Å². The zero-order valence-corrected chi connectivity index (χ0v) is 18.1. The van der Waals surface area contributed by atoms with E-state index in [0.717, 1.165) is 19.0 Å². The zero-order chi connectivity index (χ0) is 17.7. The zero-order valence-electron chi connectivity index (χ0n) is 15.8. The normalized spacial score (nSPS) is 23.5. The Balaban J connectivity index is 0.00000243. The van der Waals surface area contributed by atoms with Crippen molar-refractivity contribution >= 4 is 41.9 Å². The van der Waals surface area contributed by atoms with Crippen LogP contribution in [-0.2, 0) is 4.79 Å². The van der Waals surface area contributed by atoms with Crippen LogP contribution in [0.2, 0.25) is 0 Å². The Hall–Kier alpha value is -1.06. The van der Waals surface area contributed by atoms with E-state index in [0.29, 0.717) is 18.5 Å². The van der Waals surface area contributed by atoms with Crippen molar-refractivity contribution in [3.63, 3.8) is 0 Å². The predicted molar refractivity (Wildman–Crippen MR) is 113 cm³/mol. The monoisotopic (exact) mass is 477 g/mol. The molecule has 0 unspecified atom stereocenters. The summed E-state index contributed by atoms with van der Waals surface area (Å²) in [7, 11) is 1.81. The highest BCUT2D eigenvalue weighted by Crippen LogP contribution is 2.42. The van der Waals surface area contributed by atoms with Gasteiger partial charge >= 0.3 is 6.03 Å². The fraction of sp³-hybridized carbons (Fsp3) is 0.833. The molecule has 0 bridgehead atoms. The number of rotatable bonds is 3. The van der Waals surface area contributed by atoms with Crippen LogP contribution in [0.1, 0.15) is 51.4 Å². The summed E-state index contributed by atoms with van der Waals surface area (Å²) >= 11 is 0. The summed E-state index contributed by atoms with van der Waals surface area (Å²) in [5.41, 5.74) is 0.456. The summed E-state index contributed by atoms with van der Waals surface area (Å²) in [5.74, 6) is 0.743. The van der Waals surface area contributed by atoms with Crippen molar-refractivity contribution < 1.29 is 9.59 Å². The molecular weight excluding hydrogens is 445 g/mol. The summed E-state index contributed by atoms with van der Waals surface area (Å²) in [6, 6.07) is -0.294. The first-order valence-corrected chi connectivity index (χ1v) is 9.67. The fourth-order valence-electron chi connectivity index (χ4n) is 4.57. The Labute approximate surface area is 173 Å². The van der Waals surface area contributed by atoms with E-state index >= 15 is 0 Å². The first kappa shape index (κ1) is 21.2. The van der Waals surface area contributed by atoms with Gasteiger partial charge in [0.05, 0.1) is 6.54 Å². The smallest absolute Gasteiger partial charge is 0.324 e. The number of nitrogens with one attached hydrogen (secondary N) is 2. The fourth-order valence-corrected chi connectivity index (χ4v) is 4.57. The van der Waals surface area contributed by atoms with Gasteiger partial charge in [0, 0.05) is 33.2 Å². The third-order valence-corrected chi connectivity index (χ3v) is 5.89. The molecule has 3 rings (SSSR count). The SMILES string of the molecule is CN=C(NCCN1C(=O)CNC1=O)N1CCCC2(CCCCCC2)C1.I. The second-order valence-electron chi connectivity index (χ2n) is 7.62. The molecule has 2 saturated heterocycles. The van der Waals surface area contributed by atoms with Crippen molar-refractivity contribution in [2.24, 2.45) is 10.4 Å². The molecule has 1 aliphatic carbocycles. The number of halogens is 1. The van der Waals surface area contributed by atoms with Crippen LogP contribution in [-0.4, -0.2) is 67.5 Å². The molecule has 8 heteroatoms. The number of piperidine rings is 1. The molecule has 3 aliphatic rings. The first-order valence-electron chi connectivity index (χ1n) is 9.67. The number of hydrogen-bond acceptors (Lipinski definition) is 3. The number of hydrogen-bond donors (Lipinski definition) is 2. The van der Waals surface area contributed by atoms with Gasteiger partial charge in [0.25, 0.3) is 0 Å². The maximum Gasteiger partial charge on any atom is 0.324 e. The third-order valence-electron chi connectivity index (χ3n) is 5.89. The van der Waals surface area contributed by atoms with Gasteiger partial charge < -0.3 is 15.5 Å². The van der Waals surface area contributed by atoms with E-state index in [1.54, 1.807) is 0 Å². The predicted octanol–water partition coefficient (Wildman–Crippen LogP) is 2.17. The number of urea groups is 1. The van der Waals surface area contributed by atoms with Gasteiger partial charge in [0.1, 0.15) is 0 Å². The average molecular weight is 477 g/mol. The standard InChI is InChI=1S/C18H31N5O2.HI/c1-19-16(20-10-12-23-15(24)13-21-17(23)25)22-11-6-9-18(14-22)7-4-2-3-5-8-18;/h2-14H2,1H3,(H,19,20)(H,21,25);1H. The van der Waals surface area contributed by atoms with Crippen molar-refractivity contribution in [2.45, 2.75) is 51.4 Å². The molecule has 0 aromatic carbocycles. The van der Waals surface area contributed by atoms with E-state index in [1.807, 2.05) is 7.05 Å². The van der Waals surface area contributed by atoms with Gasteiger partial charge in [0.2, 0.25) is 5.91 Å². The summed E-state index contributed by atoms with van der Waals surface area (Å²) in [4.78, 5) is 31.3. The number of amides is 3. The van der Waals surface area contributed by atoms with Crippen molar-refractivity contribution in [3.8, 4) is 0 Å². The second-order valence-corrected chi connectivity index (χ2v) is 7.62. The van der Waals surface area contributed by atoms with Crippen LogP contribution in [0.25, 0.3) is 0 Å². The van der Waals surface area contributed by atoms with E-state index in [1.165, 1.54) is 56.3 Å². The Morgan fingerprint density at radius 3 is 2.46 bits per heavy atom. The molecular formula is C18H32IN5O2. The summed E-state index contributed by atoms with van der Waals surface area (Å²) in [6.07, 6.45) is 10.7. The maximum absolute atomic E-state index is 11.6.